The number of unbranched alkanes of at least 4 members (excludes halogenated alkanes) is 24. The van der Waals surface area contributed by atoms with E-state index in [1.807, 2.05) is 0 Å². The van der Waals surface area contributed by atoms with Crippen LogP contribution in [0.3, 0.4) is 0 Å². The zero-order valence-electron chi connectivity index (χ0n) is 29.7. The van der Waals surface area contributed by atoms with Crippen molar-refractivity contribution in [2.45, 2.75) is 218 Å². The van der Waals surface area contributed by atoms with Crippen LogP contribution in [0.2, 0.25) is 4.94 Å². The Morgan fingerprint density at radius 2 is 0.455 bits per heavy atom. The van der Waals surface area contributed by atoms with Gasteiger partial charge in [0.2, 0.25) is 0 Å². The van der Waals surface area contributed by atoms with E-state index in [4.69, 9.17) is 0 Å². The first-order valence-corrected chi connectivity index (χ1v) is 21.3. The molecule has 0 aromatic rings. The maximum absolute atomic E-state index is 10.1. The van der Waals surface area contributed by atoms with Crippen molar-refractivity contribution in [1.82, 2.24) is 0 Å². The number of carbonyl (C=O) groups excluding carboxylic acids is 3. The van der Waals surface area contributed by atoms with Gasteiger partial charge in [-0.25, -0.2) is 0 Å². The summed E-state index contributed by atoms with van der Waals surface area (Å²) in [6.07, 6.45) is 33.5. The Kier molecular flexibility index (Phi) is 55.9. The number of carbonyl (C=O) groups is 3. The molecule has 0 spiro atoms. The summed E-state index contributed by atoms with van der Waals surface area (Å²) in [5.74, 6) is -2.73. The van der Waals surface area contributed by atoms with Gasteiger partial charge in [0.25, 0.3) is 0 Å². The van der Waals surface area contributed by atoms with Gasteiger partial charge in [0.05, 0.1) is 0 Å². The molecule has 0 fully saturated rings. The van der Waals surface area contributed by atoms with Gasteiger partial charge in [-0.2, -0.15) is 0 Å². The molecule has 7 heteroatoms. The van der Waals surface area contributed by atoms with Crippen LogP contribution in [-0.4, -0.2) is 40.4 Å². The second kappa shape index (κ2) is 49.1. The van der Waals surface area contributed by atoms with Gasteiger partial charge in [0.1, 0.15) is 0 Å². The van der Waals surface area contributed by atoms with Crippen LogP contribution >= 0.6 is 0 Å². The summed E-state index contributed by atoms with van der Waals surface area (Å²) in [6.45, 7) is 6.67. The number of hydrogen-bond acceptors (Lipinski definition) is 6. The van der Waals surface area contributed by atoms with Crippen LogP contribution in [0.4, 0.5) is 0 Å². The van der Waals surface area contributed by atoms with Crippen LogP contribution in [0.25, 0.3) is 0 Å². The summed E-state index contributed by atoms with van der Waals surface area (Å²) in [5.41, 5.74) is 0. The van der Waals surface area contributed by atoms with Crippen LogP contribution in [0, 0.1) is 0 Å². The molecule has 0 heterocycles. The van der Waals surface area contributed by atoms with Gasteiger partial charge in [0.15, 0.2) is 0 Å². The van der Waals surface area contributed by atoms with Gasteiger partial charge in [-0.05, 0) is 38.5 Å². The van der Waals surface area contributed by atoms with Gasteiger partial charge >= 0.3 is 27.5 Å². The molecule has 260 valence electrons. The predicted octanol–water partition coefficient (Wildman–Crippen LogP) is 8.17. The number of rotatable bonds is 30. The normalized spacial score (nSPS) is 10.0. The van der Waals surface area contributed by atoms with E-state index in [0.717, 1.165) is 38.5 Å². The Hall–Kier alpha value is -0.791. The first-order chi connectivity index (χ1) is 21.3. The summed E-state index contributed by atoms with van der Waals surface area (Å²) < 4.78 is 0. The SMILES string of the molecule is CCCCCCCCCCCC(=O)[O-].CCCCCCCCCCCC(=O)[O-].CCCCCCCCCCCC(=O)[O-].[CH3][Sn+3]. The fraction of sp³-hybridized carbons (Fsp3) is 0.919. The van der Waals surface area contributed by atoms with Gasteiger partial charge < -0.3 is 29.7 Å². The first kappa shape index (κ1) is 50.1. The Morgan fingerprint density at radius 3 is 0.591 bits per heavy atom. The monoisotopic (exact) mass is 732 g/mol. The summed E-state index contributed by atoms with van der Waals surface area (Å²) in [6, 6.07) is 0. The van der Waals surface area contributed by atoms with Gasteiger partial charge in [-0.3, -0.25) is 0 Å². The van der Waals surface area contributed by atoms with Crippen molar-refractivity contribution in [3.8, 4) is 0 Å². The predicted molar refractivity (Wildman–Crippen MR) is 182 cm³/mol. The second-order valence-electron chi connectivity index (χ2n) is 11.9. The zero-order chi connectivity index (χ0) is 33.9. The second-order valence-corrected chi connectivity index (χ2v) is 11.9. The molecule has 0 radical (unpaired) electrons. The quantitative estimate of drug-likeness (QED) is 0.0543. The van der Waals surface area contributed by atoms with Crippen molar-refractivity contribution in [2.24, 2.45) is 0 Å². The molecule has 0 aliphatic rings. The third-order valence-corrected chi connectivity index (χ3v) is 7.45. The number of aliphatic carboxylic acids is 3. The van der Waals surface area contributed by atoms with E-state index in [2.05, 4.69) is 25.7 Å². The molecule has 0 N–H and O–H groups in total. The molecule has 0 unspecified atom stereocenters. The molecule has 0 aliphatic carbocycles. The summed E-state index contributed by atoms with van der Waals surface area (Å²) in [5, 5.41) is 30.3. The number of carboxylic acid groups (broad SMARTS) is 3. The van der Waals surface area contributed by atoms with Crippen LogP contribution < -0.4 is 15.3 Å². The topological polar surface area (TPSA) is 120 Å². The molecule has 0 aromatic carbocycles. The molecule has 0 atom stereocenters. The maximum atomic E-state index is 10.1. The third kappa shape index (κ3) is 64.2. The minimum absolute atomic E-state index is 0.232. The van der Waals surface area contributed by atoms with Crippen LogP contribution in [0.5, 0.6) is 0 Å². The van der Waals surface area contributed by atoms with E-state index >= 15 is 0 Å². The molecule has 0 saturated carbocycles. The molecule has 0 bridgehead atoms. The fourth-order valence-electron chi connectivity index (χ4n) is 4.74. The average molecular weight is 732 g/mol. The molecule has 0 saturated heterocycles. The summed E-state index contributed by atoms with van der Waals surface area (Å²) in [4.78, 5) is 32.4. The zero-order valence-corrected chi connectivity index (χ0v) is 32.5. The van der Waals surface area contributed by atoms with Crippen molar-refractivity contribution in [2.75, 3.05) is 0 Å². The Morgan fingerprint density at radius 1 is 0.318 bits per heavy atom. The van der Waals surface area contributed by atoms with Gasteiger partial charge in [-0.1, -0.05) is 175 Å². The molecule has 44 heavy (non-hydrogen) atoms. The third-order valence-electron chi connectivity index (χ3n) is 7.45. The number of carboxylic acids is 3. The molecular weight excluding hydrogens is 659 g/mol. The average Bonchev–Trinajstić information content (AvgIpc) is 3.00. The van der Waals surface area contributed by atoms with Gasteiger partial charge in [-0.15, -0.1) is 0 Å². The van der Waals surface area contributed by atoms with E-state index < -0.39 is 17.9 Å². The Bertz CT molecular complexity index is 480. The van der Waals surface area contributed by atoms with E-state index in [0.29, 0.717) is 0 Å². The van der Waals surface area contributed by atoms with Crippen molar-refractivity contribution < 1.29 is 29.7 Å². The fourth-order valence-corrected chi connectivity index (χ4v) is 4.74. The Balaban J connectivity index is -0.000000265. The van der Waals surface area contributed by atoms with E-state index in [-0.39, 0.29) is 19.3 Å². The van der Waals surface area contributed by atoms with Crippen molar-refractivity contribution in [3.05, 3.63) is 0 Å². The van der Waals surface area contributed by atoms with Crippen LogP contribution in [-0.2, 0) is 14.4 Å². The van der Waals surface area contributed by atoms with E-state index in [9.17, 15) is 29.7 Å². The Labute approximate surface area is 287 Å². The molecular formula is C37H72O6Sn. The van der Waals surface area contributed by atoms with Gasteiger partial charge in [0, 0.05) is 17.9 Å². The molecule has 0 aromatic heterocycles. The molecule has 6 nitrogen and oxygen atoms in total. The summed E-state index contributed by atoms with van der Waals surface area (Å²) >= 11 is 1.55. The standard InChI is InChI=1S/3C12H24O2.CH3.Sn/c3*1-2-3-4-5-6-7-8-9-10-11-12(13)14;;/h3*2-11H2,1H3,(H,13,14);1H3;/q;;;;+3/p-3. The molecule has 0 aliphatic heterocycles. The first-order valence-electron chi connectivity index (χ1n) is 18.4. The molecule has 0 amide bonds. The van der Waals surface area contributed by atoms with Crippen molar-refractivity contribution >= 4 is 40.4 Å². The van der Waals surface area contributed by atoms with Crippen LogP contribution in [0.15, 0.2) is 0 Å². The number of hydrogen-bond donors (Lipinski definition) is 0. The van der Waals surface area contributed by atoms with E-state index in [1.54, 1.807) is 22.5 Å². The molecule has 0 rings (SSSR count). The van der Waals surface area contributed by atoms with E-state index in [1.165, 1.54) is 135 Å². The summed E-state index contributed by atoms with van der Waals surface area (Å²) in [7, 11) is 0. The minimum atomic E-state index is -0.909. The van der Waals surface area contributed by atoms with Crippen molar-refractivity contribution in [1.29, 1.82) is 0 Å². The van der Waals surface area contributed by atoms with Crippen molar-refractivity contribution in [3.63, 3.8) is 0 Å². The van der Waals surface area contributed by atoms with Crippen LogP contribution in [0.1, 0.15) is 213 Å².